The van der Waals surface area contributed by atoms with Crippen LogP contribution in [0.4, 0.5) is 9.57 Å². The van der Waals surface area contributed by atoms with Gasteiger partial charge in [-0.05, 0) is 18.6 Å². The van der Waals surface area contributed by atoms with Gasteiger partial charge in [0.1, 0.15) is 5.25 Å². The maximum Gasteiger partial charge on any atom is 0.307 e. The minimum atomic E-state index is -4.67. The van der Waals surface area contributed by atoms with Gasteiger partial charge in [-0.1, -0.05) is 0 Å². The van der Waals surface area contributed by atoms with Crippen molar-refractivity contribution < 1.29 is 17.1 Å². The highest BCUT2D eigenvalue weighted by atomic mass is 32.3. The molecule has 7 heteroatoms. The van der Waals surface area contributed by atoms with Gasteiger partial charge in [0.05, 0.1) is 11.9 Å². The van der Waals surface area contributed by atoms with Crippen LogP contribution in [-0.2, 0) is 15.0 Å². The van der Waals surface area contributed by atoms with Crippen molar-refractivity contribution in [1.82, 2.24) is 4.98 Å². The summed E-state index contributed by atoms with van der Waals surface area (Å²) in [6, 6.07) is 1.71. The summed E-state index contributed by atoms with van der Waals surface area (Å²) >= 11 is 0. The third-order valence-electron chi connectivity index (χ3n) is 2.66. The molecule has 1 atom stereocenters. The van der Waals surface area contributed by atoms with E-state index in [2.05, 4.69) is 4.98 Å². The Balaban J connectivity index is 2.28. The van der Waals surface area contributed by atoms with E-state index in [1.54, 1.807) is 19.2 Å². The second-order valence-corrected chi connectivity index (χ2v) is 5.64. The second-order valence-electron chi connectivity index (χ2n) is 4.03. The molecule has 1 unspecified atom stereocenters. The van der Waals surface area contributed by atoms with Gasteiger partial charge >= 0.3 is 10.2 Å². The van der Waals surface area contributed by atoms with Gasteiger partial charge in [-0.15, -0.1) is 3.89 Å². The molecule has 17 heavy (non-hydrogen) atoms. The number of carbonyl (C=O) groups is 1. The molecular formula is C10H11FN2O3S. The highest BCUT2D eigenvalue weighted by Crippen LogP contribution is 2.25. The summed E-state index contributed by atoms with van der Waals surface area (Å²) in [5.74, 6) is -0.399. The monoisotopic (exact) mass is 258 g/mol. The molecule has 1 aromatic heterocycles. The van der Waals surface area contributed by atoms with Crippen molar-refractivity contribution in [3.63, 3.8) is 0 Å². The van der Waals surface area contributed by atoms with E-state index in [9.17, 15) is 17.1 Å². The minimum absolute atomic E-state index is 0.150. The number of amides is 1. The van der Waals surface area contributed by atoms with Gasteiger partial charge in [-0.2, -0.15) is 8.42 Å². The van der Waals surface area contributed by atoms with Crippen LogP contribution in [0.1, 0.15) is 12.0 Å². The van der Waals surface area contributed by atoms with Crippen molar-refractivity contribution >= 4 is 21.8 Å². The molecule has 0 spiro atoms. The molecule has 1 aromatic rings. The molecule has 0 N–H and O–H groups in total. The zero-order chi connectivity index (χ0) is 12.6. The Morgan fingerprint density at radius 2 is 2.18 bits per heavy atom. The number of rotatable bonds is 2. The molecule has 92 valence electrons. The minimum Gasteiger partial charge on any atom is -0.309 e. The third-order valence-corrected chi connectivity index (χ3v) is 3.77. The standard InChI is InChI=1S/C10H11FN2O3S/c1-7-2-8(5-12-4-7)13-6-9(3-10(13)14)17(11,15)16/h2,4-5,9H,3,6H2,1H3. The van der Waals surface area contributed by atoms with Crippen LogP contribution < -0.4 is 4.90 Å². The van der Waals surface area contributed by atoms with E-state index in [4.69, 9.17) is 0 Å². The fourth-order valence-corrected chi connectivity index (χ4v) is 2.47. The highest BCUT2D eigenvalue weighted by molar-refractivity contribution is 7.87. The number of aryl methyl sites for hydroxylation is 1. The molecule has 5 nitrogen and oxygen atoms in total. The quantitative estimate of drug-likeness (QED) is 0.736. The Hall–Kier alpha value is -1.50. The molecule has 0 saturated carbocycles. The lowest BCUT2D eigenvalue weighted by atomic mass is 10.3. The molecular weight excluding hydrogens is 247 g/mol. The molecule has 0 aromatic carbocycles. The van der Waals surface area contributed by atoms with Crippen LogP contribution in [0.2, 0.25) is 0 Å². The van der Waals surface area contributed by atoms with Gasteiger partial charge in [-0.25, -0.2) is 0 Å². The van der Waals surface area contributed by atoms with E-state index in [0.29, 0.717) is 5.69 Å². The maximum absolute atomic E-state index is 12.8. The number of pyridine rings is 1. The SMILES string of the molecule is Cc1cncc(N2CC(S(=O)(=O)F)CC2=O)c1. The Morgan fingerprint density at radius 3 is 2.71 bits per heavy atom. The zero-order valence-corrected chi connectivity index (χ0v) is 9.95. The summed E-state index contributed by atoms with van der Waals surface area (Å²) in [5, 5.41) is -1.27. The van der Waals surface area contributed by atoms with Crippen LogP contribution >= 0.6 is 0 Å². The predicted molar refractivity (Wildman–Crippen MR) is 59.8 cm³/mol. The first-order chi connectivity index (χ1) is 7.88. The first-order valence-corrected chi connectivity index (χ1v) is 6.48. The van der Waals surface area contributed by atoms with E-state index in [-0.39, 0.29) is 13.0 Å². The Morgan fingerprint density at radius 1 is 1.47 bits per heavy atom. The van der Waals surface area contributed by atoms with Crippen molar-refractivity contribution in [1.29, 1.82) is 0 Å². The summed E-state index contributed by atoms with van der Waals surface area (Å²) in [6.45, 7) is 1.66. The third kappa shape index (κ3) is 2.44. The van der Waals surface area contributed by atoms with Gasteiger partial charge in [0, 0.05) is 19.2 Å². The summed E-state index contributed by atoms with van der Waals surface area (Å²) in [4.78, 5) is 16.8. The molecule has 1 aliphatic rings. The average Bonchev–Trinajstić information content (AvgIpc) is 2.60. The van der Waals surface area contributed by atoms with Crippen LogP contribution in [-0.4, -0.2) is 31.1 Å². The van der Waals surface area contributed by atoms with Crippen molar-refractivity contribution in [2.75, 3.05) is 11.4 Å². The Kier molecular flexibility index (Phi) is 2.86. The van der Waals surface area contributed by atoms with Crippen LogP contribution in [0.3, 0.4) is 0 Å². The smallest absolute Gasteiger partial charge is 0.307 e. The van der Waals surface area contributed by atoms with Crippen LogP contribution in [0.25, 0.3) is 0 Å². The van der Waals surface area contributed by atoms with Crippen molar-refractivity contribution in [3.05, 3.63) is 24.0 Å². The Labute approximate surface area is 98.5 Å². The number of nitrogens with zero attached hydrogens (tertiary/aromatic N) is 2. The normalized spacial score (nSPS) is 20.9. The molecule has 0 bridgehead atoms. The van der Waals surface area contributed by atoms with Crippen molar-refractivity contribution in [2.45, 2.75) is 18.6 Å². The molecule has 0 radical (unpaired) electrons. The molecule has 1 amide bonds. The largest absolute Gasteiger partial charge is 0.309 e. The lowest BCUT2D eigenvalue weighted by Gasteiger charge is -2.15. The summed E-state index contributed by atoms with van der Waals surface area (Å²) in [5.41, 5.74) is 1.35. The van der Waals surface area contributed by atoms with Crippen LogP contribution in [0, 0.1) is 6.92 Å². The molecule has 2 rings (SSSR count). The maximum atomic E-state index is 12.8. The van der Waals surface area contributed by atoms with Gasteiger partial charge in [0.25, 0.3) is 0 Å². The van der Waals surface area contributed by atoms with Crippen molar-refractivity contribution in [3.8, 4) is 0 Å². The summed E-state index contributed by atoms with van der Waals surface area (Å²) < 4.78 is 34.3. The van der Waals surface area contributed by atoms with Gasteiger partial charge in [0.2, 0.25) is 5.91 Å². The van der Waals surface area contributed by atoms with Crippen LogP contribution in [0.5, 0.6) is 0 Å². The molecule has 0 aliphatic carbocycles. The summed E-state index contributed by atoms with van der Waals surface area (Å²) in [6.07, 6.45) is 2.76. The lowest BCUT2D eigenvalue weighted by molar-refractivity contribution is -0.117. The number of anilines is 1. The molecule has 1 aliphatic heterocycles. The highest BCUT2D eigenvalue weighted by Gasteiger charge is 2.39. The van der Waals surface area contributed by atoms with E-state index in [1.165, 1.54) is 11.1 Å². The number of hydrogen-bond donors (Lipinski definition) is 0. The van der Waals surface area contributed by atoms with Crippen LogP contribution in [0.15, 0.2) is 18.5 Å². The van der Waals surface area contributed by atoms with Gasteiger partial charge < -0.3 is 4.90 Å². The first kappa shape index (κ1) is 12.0. The molecule has 2 heterocycles. The van der Waals surface area contributed by atoms with Gasteiger partial charge in [-0.3, -0.25) is 9.78 Å². The van der Waals surface area contributed by atoms with Crippen molar-refractivity contribution in [2.24, 2.45) is 0 Å². The van der Waals surface area contributed by atoms with E-state index < -0.39 is 21.4 Å². The lowest BCUT2D eigenvalue weighted by Crippen LogP contribution is -2.27. The average molecular weight is 258 g/mol. The fourth-order valence-electron chi connectivity index (χ4n) is 1.80. The summed E-state index contributed by atoms with van der Waals surface area (Å²) in [7, 11) is -4.67. The zero-order valence-electron chi connectivity index (χ0n) is 9.13. The number of carbonyl (C=O) groups excluding carboxylic acids is 1. The van der Waals surface area contributed by atoms with E-state index in [0.717, 1.165) is 5.56 Å². The number of hydrogen-bond acceptors (Lipinski definition) is 4. The fraction of sp³-hybridized carbons (Fsp3) is 0.400. The van der Waals surface area contributed by atoms with Gasteiger partial charge in [0.15, 0.2) is 0 Å². The first-order valence-electron chi connectivity index (χ1n) is 5.03. The number of halogens is 1. The topological polar surface area (TPSA) is 67.3 Å². The van der Waals surface area contributed by atoms with E-state index >= 15 is 0 Å². The predicted octanol–water partition coefficient (Wildman–Crippen LogP) is 0.795. The van der Waals surface area contributed by atoms with E-state index in [1.807, 2.05) is 0 Å². The Bertz CT molecular complexity index is 558. The second kappa shape index (κ2) is 4.06. The number of aromatic nitrogens is 1. The molecule has 1 fully saturated rings. The molecule has 1 saturated heterocycles.